The zero-order chi connectivity index (χ0) is 16.3. The third kappa shape index (κ3) is 3.58. The molecule has 118 valence electrons. The van der Waals surface area contributed by atoms with Crippen LogP contribution in [0.15, 0.2) is 59.9 Å². The van der Waals surface area contributed by atoms with Gasteiger partial charge in [0.2, 0.25) is 10.0 Å². The molecule has 7 nitrogen and oxygen atoms in total. The van der Waals surface area contributed by atoms with Crippen LogP contribution < -0.4 is 4.72 Å². The van der Waals surface area contributed by atoms with Crippen LogP contribution in [0.5, 0.6) is 0 Å². The Labute approximate surface area is 131 Å². The first-order valence-corrected chi connectivity index (χ1v) is 8.10. The fourth-order valence-corrected chi connectivity index (χ4v) is 2.87. The van der Waals surface area contributed by atoms with E-state index in [1.54, 1.807) is 30.7 Å². The lowest BCUT2D eigenvalue weighted by molar-refractivity contribution is 0.579. The van der Waals surface area contributed by atoms with Gasteiger partial charge in [-0.15, -0.1) is 5.10 Å². The second-order valence-corrected chi connectivity index (χ2v) is 6.41. The summed E-state index contributed by atoms with van der Waals surface area (Å²) < 4.78 is 41.0. The first-order chi connectivity index (χ1) is 11.0. The number of halogens is 1. The molecule has 0 saturated carbocycles. The Bertz CT molecular complexity index is 894. The molecule has 0 atom stereocenters. The Morgan fingerprint density at radius 2 is 1.78 bits per heavy atom. The van der Waals surface area contributed by atoms with Gasteiger partial charge in [-0.2, -0.15) is 0 Å². The van der Waals surface area contributed by atoms with Crippen molar-refractivity contribution in [1.29, 1.82) is 0 Å². The maximum atomic E-state index is 12.8. The molecule has 0 radical (unpaired) electrons. The number of nitrogens with one attached hydrogen (secondary N) is 1. The van der Waals surface area contributed by atoms with E-state index >= 15 is 0 Å². The molecule has 3 aromatic rings. The molecule has 0 spiro atoms. The molecular weight excluding hydrogens is 321 g/mol. The van der Waals surface area contributed by atoms with E-state index in [0.29, 0.717) is 5.69 Å². The van der Waals surface area contributed by atoms with Crippen molar-refractivity contribution in [3.63, 3.8) is 0 Å². The van der Waals surface area contributed by atoms with Crippen LogP contribution in [0.25, 0.3) is 5.69 Å². The van der Waals surface area contributed by atoms with E-state index in [1.165, 1.54) is 16.8 Å². The topological polar surface area (TPSA) is 89.8 Å². The summed E-state index contributed by atoms with van der Waals surface area (Å²) in [6.07, 6.45) is 4.85. The zero-order valence-electron chi connectivity index (χ0n) is 11.8. The minimum Gasteiger partial charge on any atom is -0.265 e. The Hall–Kier alpha value is -2.65. The molecule has 0 unspecified atom stereocenters. The highest BCUT2D eigenvalue weighted by Crippen LogP contribution is 2.10. The number of hydrogen-bond donors (Lipinski definition) is 1. The fourth-order valence-electron chi connectivity index (χ4n) is 1.87. The molecule has 0 amide bonds. The lowest BCUT2D eigenvalue weighted by Gasteiger charge is -2.04. The Morgan fingerprint density at radius 1 is 1.09 bits per heavy atom. The molecule has 0 bridgehead atoms. The molecule has 9 heteroatoms. The highest BCUT2D eigenvalue weighted by atomic mass is 32.2. The maximum Gasteiger partial charge on any atom is 0.240 e. The third-order valence-corrected chi connectivity index (χ3v) is 4.45. The van der Waals surface area contributed by atoms with E-state index in [9.17, 15) is 12.8 Å². The number of nitrogens with zero attached hydrogens (tertiary/aromatic N) is 4. The number of benzene rings is 1. The molecule has 0 fully saturated rings. The minimum absolute atomic E-state index is 0.0135. The van der Waals surface area contributed by atoms with Crippen molar-refractivity contribution in [1.82, 2.24) is 24.7 Å². The molecule has 0 saturated heterocycles. The summed E-state index contributed by atoms with van der Waals surface area (Å²) >= 11 is 0. The highest BCUT2D eigenvalue weighted by Gasteiger charge is 2.14. The van der Waals surface area contributed by atoms with Gasteiger partial charge in [0, 0.05) is 12.4 Å². The van der Waals surface area contributed by atoms with Crippen LogP contribution in [-0.4, -0.2) is 28.4 Å². The van der Waals surface area contributed by atoms with Gasteiger partial charge in [-0.3, -0.25) is 4.98 Å². The molecule has 2 heterocycles. The van der Waals surface area contributed by atoms with Gasteiger partial charge in [-0.1, -0.05) is 5.21 Å². The van der Waals surface area contributed by atoms with Crippen LogP contribution in [-0.2, 0) is 16.6 Å². The standard InChI is InChI=1S/C14H12FN5O2S/c15-11-1-3-14(4-2-11)23(21,22)17-9-12-10-20(19-18-12)13-5-7-16-8-6-13/h1-8,10,17H,9H2. The monoisotopic (exact) mass is 333 g/mol. The smallest absolute Gasteiger partial charge is 0.240 e. The van der Waals surface area contributed by atoms with Crippen molar-refractivity contribution in [3.8, 4) is 5.69 Å². The van der Waals surface area contributed by atoms with E-state index in [2.05, 4.69) is 20.0 Å². The third-order valence-electron chi connectivity index (χ3n) is 3.04. The Morgan fingerprint density at radius 3 is 2.48 bits per heavy atom. The molecule has 2 aromatic heterocycles. The van der Waals surface area contributed by atoms with E-state index in [0.717, 1.165) is 17.8 Å². The molecule has 3 rings (SSSR count). The average molecular weight is 333 g/mol. The van der Waals surface area contributed by atoms with Crippen molar-refractivity contribution in [2.24, 2.45) is 0 Å². The normalized spacial score (nSPS) is 11.5. The van der Waals surface area contributed by atoms with Crippen molar-refractivity contribution >= 4 is 10.0 Å². The van der Waals surface area contributed by atoms with Crippen LogP contribution in [0, 0.1) is 5.82 Å². The predicted octanol–water partition coefficient (Wildman–Crippen LogP) is 1.28. The fraction of sp³-hybridized carbons (Fsp3) is 0.0714. The van der Waals surface area contributed by atoms with Gasteiger partial charge in [-0.05, 0) is 36.4 Å². The zero-order valence-corrected chi connectivity index (χ0v) is 12.6. The molecule has 1 N–H and O–H groups in total. The van der Waals surface area contributed by atoms with Gasteiger partial charge in [0.15, 0.2) is 0 Å². The molecule has 0 aliphatic heterocycles. The lowest BCUT2D eigenvalue weighted by atomic mass is 10.4. The molecule has 1 aromatic carbocycles. The van der Waals surface area contributed by atoms with E-state index in [1.807, 2.05) is 0 Å². The number of pyridine rings is 1. The number of hydrogen-bond acceptors (Lipinski definition) is 5. The average Bonchev–Trinajstić information content (AvgIpc) is 3.03. The number of sulfonamides is 1. The van der Waals surface area contributed by atoms with Crippen LogP contribution in [0.2, 0.25) is 0 Å². The summed E-state index contributed by atoms with van der Waals surface area (Å²) in [4.78, 5) is 3.89. The molecule has 0 aliphatic rings. The largest absolute Gasteiger partial charge is 0.265 e. The van der Waals surface area contributed by atoms with Gasteiger partial charge in [0.25, 0.3) is 0 Å². The first kappa shape index (κ1) is 15.3. The summed E-state index contributed by atoms with van der Waals surface area (Å²) in [6, 6.07) is 8.09. The van der Waals surface area contributed by atoms with Crippen LogP contribution in [0.3, 0.4) is 0 Å². The maximum absolute atomic E-state index is 12.8. The Balaban J connectivity index is 1.71. The van der Waals surface area contributed by atoms with E-state index in [4.69, 9.17) is 0 Å². The van der Waals surface area contributed by atoms with Crippen molar-refractivity contribution in [3.05, 3.63) is 66.5 Å². The summed E-state index contributed by atoms with van der Waals surface area (Å²) in [7, 11) is -3.73. The number of rotatable bonds is 5. The quantitative estimate of drug-likeness (QED) is 0.760. The second-order valence-electron chi connectivity index (χ2n) is 4.64. The first-order valence-electron chi connectivity index (χ1n) is 6.61. The summed E-state index contributed by atoms with van der Waals surface area (Å²) in [5.74, 6) is -0.496. The SMILES string of the molecule is O=S(=O)(NCc1cn(-c2ccncc2)nn1)c1ccc(F)cc1. The summed E-state index contributed by atoms with van der Waals surface area (Å²) in [5.41, 5.74) is 1.22. The van der Waals surface area contributed by atoms with Gasteiger partial charge in [0.1, 0.15) is 5.82 Å². The van der Waals surface area contributed by atoms with Crippen LogP contribution in [0.4, 0.5) is 4.39 Å². The second kappa shape index (κ2) is 6.23. The van der Waals surface area contributed by atoms with Gasteiger partial charge >= 0.3 is 0 Å². The van der Waals surface area contributed by atoms with Crippen LogP contribution >= 0.6 is 0 Å². The van der Waals surface area contributed by atoms with Gasteiger partial charge in [0.05, 0.1) is 29.0 Å². The van der Waals surface area contributed by atoms with Crippen molar-refractivity contribution in [2.75, 3.05) is 0 Å². The minimum atomic E-state index is -3.73. The van der Waals surface area contributed by atoms with E-state index in [-0.39, 0.29) is 11.4 Å². The van der Waals surface area contributed by atoms with Crippen molar-refractivity contribution in [2.45, 2.75) is 11.4 Å². The number of aromatic nitrogens is 4. The van der Waals surface area contributed by atoms with Crippen LogP contribution in [0.1, 0.15) is 5.69 Å². The highest BCUT2D eigenvalue weighted by molar-refractivity contribution is 7.89. The molecular formula is C14H12FN5O2S. The predicted molar refractivity (Wildman–Crippen MR) is 79.6 cm³/mol. The van der Waals surface area contributed by atoms with Crippen molar-refractivity contribution < 1.29 is 12.8 Å². The molecule has 23 heavy (non-hydrogen) atoms. The van der Waals surface area contributed by atoms with Gasteiger partial charge < -0.3 is 0 Å². The van der Waals surface area contributed by atoms with Gasteiger partial charge in [-0.25, -0.2) is 22.2 Å². The molecule has 0 aliphatic carbocycles. The summed E-state index contributed by atoms with van der Waals surface area (Å²) in [5, 5.41) is 7.83. The Kier molecular flexibility index (Phi) is 4.13. The van der Waals surface area contributed by atoms with E-state index < -0.39 is 15.8 Å². The lowest BCUT2D eigenvalue weighted by Crippen LogP contribution is -2.23. The summed E-state index contributed by atoms with van der Waals surface area (Å²) in [6.45, 7) is -0.0230.